The van der Waals surface area contributed by atoms with Crippen molar-refractivity contribution >= 4 is 5.91 Å². The topological polar surface area (TPSA) is 26.8 Å². The van der Waals surface area contributed by atoms with Crippen LogP contribution in [-0.2, 0) is 4.79 Å². The molecule has 3 fully saturated rings. The molecule has 2 heterocycles. The highest BCUT2D eigenvalue weighted by Gasteiger charge is 2.28. The van der Waals surface area contributed by atoms with Crippen LogP contribution in [0.3, 0.4) is 0 Å². The summed E-state index contributed by atoms with van der Waals surface area (Å²) in [6.07, 6.45) is 9.83. The van der Waals surface area contributed by atoms with Crippen LogP contribution in [0.25, 0.3) is 0 Å². The Balaban J connectivity index is 1.35. The van der Waals surface area contributed by atoms with Gasteiger partial charge in [-0.2, -0.15) is 0 Å². The summed E-state index contributed by atoms with van der Waals surface area (Å²) in [5.41, 5.74) is 0. The summed E-state index contributed by atoms with van der Waals surface area (Å²) >= 11 is 0. The van der Waals surface area contributed by atoms with Crippen molar-refractivity contribution < 1.29 is 4.79 Å². The molecule has 4 heteroatoms. The van der Waals surface area contributed by atoms with Crippen molar-refractivity contribution in [3.8, 4) is 0 Å². The standard InChI is InChI=1S/C20H37N3O/c1-17-15-21(2)13-14-23(17)16-19-9-11-22(12-10-19)20(24)8-7-18-5-3-4-6-18/h17-19H,3-16H2,1-2H3. The third-order valence-corrected chi connectivity index (χ3v) is 6.67. The number of piperidine rings is 1. The van der Waals surface area contributed by atoms with Gasteiger partial charge in [-0.1, -0.05) is 25.7 Å². The van der Waals surface area contributed by atoms with Gasteiger partial charge in [0, 0.05) is 51.7 Å². The molecule has 0 aromatic carbocycles. The third-order valence-electron chi connectivity index (χ3n) is 6.67. The van der Waals surface area contributed by atoms with Gasteiger partial charge in [0.25, 0.3) is 0 Å². The first-order valence-corrected chi connectivity index (χ1v) is 10.3. The van der Waals surface area contributed by atoms with E-state index in [0.717, 1.165) is 37.8 Å². The van der Waals surface area contributed by atoms with Crippen LogP contribution in [-0.4, -0.2) is 73.0 Å². The second-order valence-electron chi connectivity index (χ2n) is 8.62. The van der Waals surface area contributed by atoms with Crippen molar-refractivity contribution in [2.75, 3.05) is 46.3 Å². The van der Waals surface area contributed by atoms with E-state index in [1.807, 2.05) is 0 Å². The van der Waals surface area contributed by atoms with Crippen LogP contribution in [0.2, 0.25) is 0 Å². The zero-order valence-corrected chi connectivity index (χ0v) is 15.9. The SMILES string of the molecule is CC1CN(C)CCN1CC1CCN(C(=O)CCC2CCCC2)CC1. The van der Waals surface area contributed by atoms with Crippen LogP contribution < -0.4 is 0 Å². The second-order valence-corrected chi connectivity index (χ2v) is 8.62. The summed E-state index contributed by atoms with van der Waals surface area (Å²) in [5, 5.41) is 0. The normalized spacial score (nSPS) is 28.6. The number of amides is 1. The second kappa shape index (κ2) is 8.66. The predicted octanol–water partition coefficient (Wildman–Crippen LogP) is 2.83. The van der Waals surface area contributed by atoms with Gasteiger partial charge >= 0.3 is 0 Å². The molecule has 1 saturated carbocycles. The Labute approximate surface area is 148 Å². The molecular weight excluding hydrogens is 298 g/mol. The first-order chi connectivity index (χ1) is 11.6. The molecule has 3 rings (SSSR count). The van der Waals surface area contributed by atoms with Crippen molar-refractivity contribution in [2.45, 2.75) is 64.3 Å². The lowest BCUT2D eigenvalue weighted by molar-refractivity contribution is -0.133. The molecule has 1 amide bonds. The number of piperazine rings is 1. The predicted molar refractivity (Wildman–Crippen MR) is 99.0 cm³/mol. The van der Waals surface area contributed by atoms with Crippen LogP contribution in [0.1, 0.15) is 58.3 Å². The quantitative estimate of drug-likeness (QED) is 0.773. The molecule has 0 N–H and O–H groups in total. The molecule has 0 aromatic heterocycles. The van der Waals surface area contributed by atoms with Gasteiger partial charge in [-0.3, -0.25) is 9.69 Å². The highest BCUT2D eigenvalue weighted by atomic mass is 16.2. The molecule has 4 nitrogen and oxygen atoms in total. The van der Waals surface area contributed by atoms with E-state index in [4.69, 9.17) is 0 Å². The molecule has 0 spiro atoms. The molecule has 3 aliphatic rings. The maximum atomic E-state index is 12.4. The van der Waals surface area contributed by atoms with E-state index in [-0.39, 0.29) is 0 Å². The molecular formula is C20H37N3O. The number of carbonyl (C=O) groups excluding carboxylic acids is 1. The number of hydrogen-bond acceptors (Lipinski definition) is 3. The van der Waals surface area contributed by atoms with Crippen LogP contribution in [0.5, 0.6) is 0 Å². The molecule has 138 valence electrons. The van der Waals surface area contributed by atoms with Crippen LogP contribution in [0.4, 0.5) is 0 Å². The lowest BCUT2D eigenvalue weighted by Gasteiger charge is -2.41. The summed E-state index contributed by atoms with van der Waals surface area (Å²) < 4.78 is 0. The summed E-state index contributed by atoms with van der Waals surface area (Å²) in [4.78, 5) is 19.7. The largest absolute Gasteiger partial charge is 0.343 e. The van der Waals surface area contributed by atoms with Crippen molar-refractivity contribution in [2.24, 2.45) is 11.8 Å². The van der Waals surface area contributed by atoms with Crippen molar-refractivity contribution in [1.82, 2.24) is 14.7 Å². The maximum absolute atomic E-state index is 12.4. The van der Waals surface area contributed by atoms with E-state index in [2.05, 4.69) is 28.7 Å². The third kappa shape index (κ3) is 4.95. The molecule has 2 aliphatic heterocycles. The van der Waals surface area contributed by atoms with E-state index in [1.54, 1.807) is 0 Å². The summed E-state index contributed by atoms with van der Waals surface area (Å²) in [7, 11) is 2.23. The molecule has 24 heavy (non-hydrogen) atoms. The Morgan fingerprint density at radius 3 is 2.33 bits per heavy atom. The number of hydrogen-bond donors (Lipinski definition) is 0. The zero-order chi connectivity index (χ0) is 16.9. The first-order valence-electron chi connectivity index (χ1n) is 10.3. The average Bonchev–Trinajstić information content (AvgIpc) is 3.09. The van der Waals surface area contributed by atoms with Crippen LogP contribution in [0, 0.1) is 11.8 Å². The van der Waals surface area contributed by atoms with Crippen LogP contribution in [0.15, 0.2) is 0 Å². The van der Waals surface area contributed by atoms with Crippen LogP contribution >= 0.6 is 0 Å². The minimum absolute atomic E-state index is 0.424. The van der Waals surface area contributed by atoms with Gasteiger partial charge < -0.3 is 9.80 Å². The summed E-state index contributed by atoms with van der Waals surface area (Å²) in [6.45, 7) is 9.18. The minimum atomic E-state index is 0.424. The smallest absolute Gasteiger partial charge is 0.222 e. The fourth-order valence-electron chi connectivity index (χ4n) is 4.93. The highest BCUT2D eigenvalue weighted by Crippen LogP contribution is 2.29. The van der Waals surface area contributed by atoms with E-state index in [0.29, 0.717) is 11.9 Å². The molecule has 0 bridgehead atoms. The van der Waals surface area contributed by atoms with Crippen molar-refractivity contribution in [3.63, 3.8) is 0 Å². The Hall–Kier alpha value is -0.610. The Morgan fingerprint density at radius 1 is 0.958 bits per heavy atom. The Bertz CT molecular complexity index is 400. The fourth-order valence-corrected chi connectivity index (χ4v) is 4.93. The van der Waals surface area contributed by atoms with Gasteiger partial charge in [0.15, 0.2) is 0 Å². The lowest BCUT2D eigenvalue weighted by Crippen LogP contribution is -2.52. The van der Waals surface area contributed by atoms with E-state index in [9.17, 15) is 4.79 Å². The molecule has 1 unspecified atom stereocenters. The lowest BCUT2D eigenvalue weighted by atomic mass is 9.94. The molecule has 2 saturated heterocycles. The minimum Gasteiger partial charge on any atom is -0.343 e. The van der Waals surface area contributed by atoms with E-state index < -0.39 is 0 Å². The maximum Gasteiger partial charge on any atom is 0.222 e. The average molecular weight is 336 g/mol. The van der Waals surface area contributed by atoms with Crippen molar-refractivity contribution in [3.05, 3.63) is 0 Å². The van der Waals surface area contributed by atoms with Gasteiger partial charge in [0.2, 0.25) is 5.91 Å². The number of rotatable bonds is 5. The Kier molecular flexibility index (Phi) is 6.56. The Morgan fingerprint density at radius 2 is 1.67 bits per heavy atom. The zero-order valence-electron chi connectivity index (χ0n) is 15.9. The van der Waals surface area contributed by atoms with E-state index >= 15 is 0 Å². The van der Waals surface area contributed by atoms with Gasteiger partial charge in [-0.25, -0.2) is 0 Å². The van der Waals surface area contributed by atoms with E-state index in [1.165, 1.54) is 64.7 Å². The van der Waals surface area contributed by atoms with Crippen molar-refractivity contribution in [1.29, 1.82) is 0 Å². The number of carbonyl (C=O) groups is 1. The molecule has 0 radical (unpaired) electrons. The van der Waals surface area contributed by atoms with Gasteiger partial charge in [-0.15, -0.1) is 0 Å². The molecule has 1 atom stereocenters. The summed E-state index contributed by atoms with van der Waals surface area (Å²) in [6, 6.07) is 0.676. The molecule has 1 aliphatic carbocycles. The van der Waals surface area contributed by atoms with Gasteiger partial charge in [0.05, 0.1) is 0 Å². The highest BCUT2D eigenvalue weighted by molar-refractivity contribution is 5.76. The number of likely N-dealkylation sites (N-methyl/N-ethyl adjacent to an activating group) is 1. The molecule has 0 aromatic rings. The fraction of sp³-hybridized carbons (Fsp3) is 0.950. The van der Waals surface area contributed by atoms with Gasteiger partial charge in [0.1, 0.15) is 0 Å². The number of likely N-dealkylation sites (tertiary alicyclic amines) is 1. The number of nitrogens with zero attached hydrogens (tertiary/aromatic N) is 3. The monoisotopic (exact) mass is 335 g/mol. The first kappa shape index (κ1) is 18.2. The summed E-state index contributed by atoms with van der Waals surface area (Å²) in [5.74, 6) is 2.05. The van der Waals surface area contributed by atoms with Gasteiger partial charge in [-0.05, 0) is 45.1 Å².